The smallest absolute Gasteiger partial charge is 0.251 e. The molecule has 18 rings (SSSR count). The maximum absolute atomic E-state index is 13.3. The highest BCUT2D eigenvalue weighted by atomic mass is 16.5. The number of ether oxygens (including phenoxy) is 3. The molecule has 6 aliphatic heterocycles. The molecule has 3 aromatic carbocycles. The third-order valence-corrected chi connectivity index (χ3v) is 30.4. The number of nitrogens with zero attached hydrogens (tertiary/aromatic N) is 18. The molecule has 0 radical (unpaired) electrons. The number of likely N-dealkylation sites (N-methyl/N-ethyl adjacent to an activating group) is 3. The summed E-state index contributed by atoms with van der Waals surface area (Å²) >= 11 is 0. The van der Waals surface area contributed by atoms with Gasteiger partial charge < -0.3 is 90.2 Å². The van der Waals surface area contributed by atoms with Crippen LogP contribution in [0.2, 0.25) is 0 Å². The van der Waals surface area contributed by atoms with E-state index in [-0.39, 0.29) is 89.8 Å². The average Bonchev–Trinajstić information content (AvgIpc) is 1.76. The van der Waals surface area contributed by atoms with Gasteiger partial charge in [-0.3, -0.25) is 43.5 Å². The predicted octanol–water partition coefficient (Wildman–Crippen LogP) is 12.8. The number of aromatic nitrogens is 6. The van der Waals surface area contributed by atoms with Gasteiger partial charge in [-0.15, -0.1) is 0 Å². The number of nitrogens with one attached hydrogen (secondary N) is 6. The highest BCUT2D eigenvalue weighted by Gasteiger charge is 2.44. The second kappa shape index (κ2) is 44.0. The zero-order valence-corrected chi connectivity index (χ0v) is 82.8. The standard InChI is InChI=1S/3C34H50N8O3/c3*1-6-28-33(44)39(4)29-20-35-34(38-31(29)42(28)22(2)3)37-27-14-9-24(19-30(27)45-5)32(43)36-25-10-12-26(13-11-25)41-17-15-40(16-18-41)21-23-7-8-23/h3*9,14,19-20,22-23,25-26,28H,6-8,10-13,15-18,21H2,1-5H3,(H,36,43)(H,35,37,38)/t3*25?,26?,28-/m111/s1. The Morgan fingerprint density at radius 2 is 0.600 bits per heavy atom. The van der Waals surface area contributed by atoms with Crippen LogP contribution in [0.1, 0.15) is 228 Å². The minimum Gasteiger partial charge on any atom is -0.495 e. The quantitative estimate of drug-likeness (QED) is 0.0244. The van der Waals surface area contributed by atoms with Crippen LogP contribution in [0, 0.1) is 17.8 Å². The van der Waals surface area contributed by atoms with E-state index >= 15 is 0 Å². The summed E-state index contributed by atoms with van der Waals surface area (Å²) < 4.78 is 17.0. The molecule has 33 nitrogen and oxygen atoms in total. The number of benzene rings is 3. The fourth-order valence-electron chi connectivity index (χ4n) is 22.0. The van der Waals surface area contributed by atoms with Gasteiger partial charge in [0.15, 0.2) is 17.5 Å². The van der Waals surface area contributed by atoms with Crippen molar-refractivity contribution < 1.29 is 43.0 Å². The van der Waals surface area contributed by atoms with Crippen molar-refractivity contribution in [3.05, 3.63) is 89.9 Å². The molecule has 732 valence electrons. The Bertz CT molecular complexity index is 4590. The summed E-state index contributed by atoms with van der Waals surface area (Å²) in [6.07, 6.45) is 28.5. The summed E-state index contributed by atoms with van der Waals surface area (Å²) in [4.78, 5) is 134. The lowest BCUT2D eigenvalue weighted by Gasteiger charge is -2.42. The molecule has 9 fully saturated rings. The molecule has 135 heavy (non-hydrogen) atoms. The first-order chi connectivity index (χ1) is 65.2. The van der Waals surface area contributed by atoms with E-state index in [0.717, 1.165) is 112 Å². The van der Waals surface area contributed by atoms with E-state index in [9.17, 15) is 28.8 Å². The van der Waals surface area contributed by atoms with Gasteiger partial charge >= 0.3 is 0 Å². The number of carbonyl (C=O) groups excluding carboxylic acids is 6. The van der Waals surface area contributed by atoms with Crippen LogP contribution in [-0.2, 0) is 14.4 Å². The van der Waals surface area contributed by atoms with Gasteiger partial charge in [0.05, 0.1) is 57.0 Å². The van der Waals surface area contributed by atoms with Gasteiger partial charge in [-0.2, -0.15) is 15.0 Å². The molecule has 3 saturated heterocycles. The monoisotopic (exact) mass is 1860 g/mol. The second-order valence-electron chi connectivity index (χ2n) is 40.6. The van der Waals surface area contributed by atoms with Crippen molar-refractivity contribution in [1.82, 2.24) is 75.3 Å². The third kappa shape index (κ3) is 23.2. The van der Waals surface area contributed by atoms with Gasteiger partial charge in [-0.1, -0.05) is 20.8 Å². The normalized spacial score (nSPS) is 24.5. The molecule has 0 spiro atoms. The Balaban J connectivity index is 0.000000147. The molecular formula is C102H150N24O9. The Labute approximate surface area is 799 Å². The Hall–Kier alpha value is -10.3. The summed E-state index contributed by atoms with van der Waals surface area (Å²) in [6, 6.07) is 18.2. The van der Waals surface area contributed by atoms with E-state index in [1.54, 1.807) is 94.0 Å². The number of amides is 6. The van der Waals surface area contributed by atoms with Crippen LogP contribution in [0.15, 0.2) is 73.2 Å². The van der Waals surface area contributed by atoms with Crippen molar-refractivity contribution >= 4 is 105 Å². The SMILES string of the molecule is CC[C@@H]1C(=O)N(C)c2cnc(Nc3ccc(C(=O)NC4CCC(N5CCN(CC6CC6)CC5)CC4)cc3OC)nc2N1C(C)C.CC[C@@H]1C(=O)N(C)c2cnc(Nc3ccc(C(=O)NC4CCC(N5CCN(CC6CC6)CC5)CC4)cc3OC)nc2N1C(C)C.CC[C@@H]1C(=O)N(C)c2cnc(Nc3ccc(C(=O)NC4CCC(N5CCN(CC6CC6)CC5)CC4)cc3OC)nc2N1C(C)C. The summed E-state index contributed by atoms with van der Waals surface area (Å²) in [6.45, 7) is 36.6. The van der Waals surface area contributed by atoms with Crippen molar-refractivity contribution in [2.45, 2.75) is 270 Å². The molecule has 12 aliphatic rings. The van der Waals surface area contributed by atoms with Crippen molar-refractivity contribution in [1.29, 1.82) is 0 Å². The fourth-order valence-corrected chi connectivity index (χ4v) is 22.0. The lowest BCUT2D eigenvalue weighted by Crippen LogP contribution is -2.54. The van der Waals surface area contributed by atoms with Gasteiger partial charge in [0.25, 0.3) is 17.7 Å². The van der Waals surface area contributed by atoms with Crippen LogP contribution in [0.5, 0.6) is 17.2 Å². The number of fused-ring (bicyclic) bond motifs is 3. The molecule has 6 aromatic rings. The molecule has 6 aliphatic carbocycles. The van der Waals surface area contributed by atoms with E-state index in [4.69, 9.17) is 29.2 Å². The Morgan fingerprint density at radius 1 is 0.356 bits per heavy atom. The average molecular weight is 1860 g/mol. The van der Waals surface area contributed by atoms with Crippen molar-refractivity contribution in [2.75, 3.05) is 186 Å². The van der Waals surface area contributed by atoms with Crippen molar-refractivity contribution in [2.24, 2.45) is 17.8 Å². The molecule has 0 bridgehead atoms. The minimum absolute atomic E-state index is 0.0454. The number of hydrogen-bond acceptors (Lipinski definition) is 27. The fraction of sp³-hybridized carbons (Fsp3) is 0.647. The number of rotatable bonds is 30. The molecule has 3 atom stereocenters. The zero-order chi connectivity index (χ0) is 95.0. The van der Waals surface area contributed by atoms with Crippen LogP contribution in [-0.4, -0.2) is 308 Å². The highest BCUT2D eigenvalue weighted by Crippen LogP contribution is 2.44. The summed E-state index contributed by atoms with van der Waals surface area (Å²) in [5, 5.41) is 19.7. The van der Waals surface area contributed by atoms with Gasteiger partial charge in [-0.05, 0) is 249 Å². The minimum atomic E-state index is -0.278. The van der Waals surface area contributed by atoms with Crippen molar-refractivity contribution in [3.8, 4) is 17.2 Å². The first kappa shape index (κ1) is 97.8. The van der Waals surface area contributed by atoms with Crippen LogP contribution < -0.4 is 75.5 Å². The Kier molecular flexibility index (Phi) is 31.9. The highest BCUT2D eigenvalue weighted by molar-refractivity contribution is 6.07. The van der Waals surface area contributed by atoms with E-state index in [0.29, 0.717) is 123 Å². The van der Waals surface area contributed by atoms with E-state index in [2.05, 4.69) is 132 Å². The van der Waals surface area contributed by atoms with E-state index < -0.39 is 0 Å². The molecule has 0 unspecified atom stereocenters. The molecule has 6 saturated carbocycles. The molecule has 3 aromatic heterocycles. The van der Waals surface area contributed by atoms with Gasteiger partial charge in [-0.25, -0.2) is 15.0 Å². The lowest BCUT2D eigenvalue weighted by atomic mass is 9.89. The van der Waals surface area contributed by atoms with E-state index in [1.807, 2.05) is 57.2 Å². The molecule has 9 heterocycles. The maximum Gasteiger partial charge on any atom is 0.251 e. The largest absolute Gasteiger partial charge is 0.495 e. The van der Waals surface area contributed by atoms with Gasteiger partial charge in [0.2, 0.25) is 35.6 Å². The molecule has 33 heteroatoms. The number of methoxy groups -OCH3 is 3. The Morgan fingerprint density at radius 3 is 0.815 bits per heavy atom. The van der Waals surface area contributed by atoms with E-state index in [1.165, 1.54) is 137 Å². The molecular weight excluding hydrogens is 1710 g/mol. The van der Waals surface area contributed by atoms with Gasteiger partial charge in [0.1, 0.15) is 52.4 Å². The third-order valence-electron chi connectivity index (χ3n) is 30.4. The predicted molar refractivity (Wildman–Crippen MR) is 533 cm³/mol. The zero-order valence-electron chi connectivity index (χ0n) is 82.8. The molecule has 6 amide bonds. The number of hydrogen-bond donors (Lipinski definition) is 6. The lowest BCUT2D eigenvalue weighted by molar-refractivity contribution is -0.120. The summed E-state index contributed by atoms with van der Waals surface area (Å²) in [5.41, 5.74) is 5.73. The number of piperazine rings is 3. The van der Waals surface area contributed by atoms with Crippen LogP contribution >= 0.6 is 0 Å². The van der Waals surface area contributed by atoms with Crippen LogP contribution in [0.4, 0.5) is 69.4 Å². The topological polar surface area (TPSA) is 319 Å². The van der Waals surface area contributed by atoms with Gasteiger partial charge in [0, 0.05) is 190 Å². The van der Waals surface area contributed by atoms with Crippen LogP contribution in [0.3, 0.4) is 0 Å². The maximum atomic E-state index is 13.3. The summed E-state index contributed by atoms with van der Waals surface area (Å²) in [5.74, 6) is 7.76. The first-order valence-electron chi connectivity index (χ1n) is 50.7. The molecule has 6 N–H and O–H groups in total. The van der Waals surface area contributed by atoms with Crippen molar-refractivity contribution in [3.63, 3.8) is 0 Å². The number of carbonyl (C=O) groups is 6. The second-order valence-corrected chi connectivity index (χ2v) is 40.6. The summed E-state index contributed by atoms with van der Waals surface area (Å²) in [7, 11) is 10.1. The first-order valence-corrected chi connectivity index (χ1v) is 50.7. The van der Waals surface area contributed by atoms with Crippen LogP contribution in [0.25, 0.3) is 0 Å². The number of anilines is 12.